The quantitative estimate of drug-likeness (QED) is 0.695. The number of aromatic nitrogens is 1. The van der Waals surface area contributed by atoms with Gasteiger partial charge in [0.25, 0.3) is 5.56 Å². The van der Waals surface area contributed by atoms with Gasteiger partial charge in [0, 0.05) is 5.39 Å². The number of pyridine rings is 1. The standard InChI is InChI=1S/C12H8N2O4/c1-5-8-6(4-13)2-3-7(15)10(8)14-11(16)9(5)12(17)18/h2-3,15H,1H3,(H,14,16)(H,17,18). The normalized spacial score (nSPS) is 10.2. The number of nitrogens with zero attached hydrogens (tertiary/aromatic N) is 1. The smallest absolute Gasteiger partial charge is 0.341 e. The molecule has 0 aliphatic carbocycles. The summed E-state index contributed by atoms with van der Waals surface area (Å²) in [7, 11) is 0. The van der Waals surface area contributed by atoms with E-state index in [1.807, 2.05) is 6.07 Å². The first-order valence-corrected chi connectivity index (χ1v) is 4.99. The molecule has 0 saturated heterocycles. The van der Waals surface area contributed by atoms with Gasteiger partial charge in [-0.1, -0.05) is 0 Å². The molecule has 1 heterocycles. The largest absolute Gasteiger partial charge is 0.506 e. The molecule has 2 aromatic rings. The maximum Gasteiger partial charge on any atom is 0.341 e. The second kappa shape index (κ2) is 3.89. The Morgan fingerprint density at radius 2 is 2.11 bits per heavy atom. The predicted molar refractivity (Wildman–Crippen MR) is 62.6 cm³/mol. The van der Waals surface area contributed by atoms with Crippen LogP contribution < -0.4 is 5.56 Å². The molecule has 18 heavy (non-hydrogen) atoms. The van der Waals surface area contributed by atoms with Crippen molar-refractivity contribution in [2.24, 2.45) is 0 Å². The zero-order valence-corrected chi connectivity index (χ0v) is 9.31. The Kier molecular flexibility index (Phi) is 2.52. The minimum Gasteiger partial charge on any atom is -0.506 e. The van der Waals surface area contributed by atoms with Crippen LogP contribution in [0.1, 0.15) is 21.5 Å². The molecule has 2 rings (SSSR count). The third-order valence-electron chi connectivity index (χ3n) is 2.73. The molecule has 0 spiro atoms. The molecule has 3 N–H and O–H groups in total. The van der Waals surface area contributed by atoms with Crippen LogP contribution in [0.15, 0.2) is 16.9 Å². The van der Waals surface area contributed by atoms with Crippen molar-refractivity contribution in [1.82, 2.24) is 4.98 Å². The van der Waals surface area contributed by atoms with Gasteiger partial charge >= 0.3 is 5.97 Å². The van der Waals surface area contributed by atoms with Crippen LogP contribution in [0.4, 0.5) is 0 Å². The third kappa shape index (κ3) is 1.50. The highest BCUT2D eigenvalue weighted by molar-refractivity contribution is 5.99. The summed E-state index contributed by atoms with van der Waals surface area (Å²) in [6, 6.07) is 4.54. The van der Waals surface area contributed by atoms with Gasteiger partial charge in [-0.3, -0.25) is 4.79 Å². The number of hydrogen-bond acceptors (Lipinski definition) is 4. The van der Waals surface area contributed by atoms with Crippen LogP contribution in [0.25, 0.3) is 10.9 Å². The van der Waals surface area contributed by atoms with E-state index in [2.05, 4.69) is 4.98 Å². The van der Waals surface area contributed by atoms with Crippen LogP contribution in [0.5, 0.6) is 5.75 Å². The van der Waals surface area contributed by atoms with Gasteiger partial charge in [-0.15, -0.1) is 0 Å². The Hall–Kier alpha value is -2.81. The Morgan fingerprint density at radius 1 is 1.44 bits per heavy atom. The van der Waals surface area contributed by atoms with Crippen molar-refractivity contribution in [1.29, 1.82) is 5.26 Å². The Bertz CT molecular complexity index is 768. The first-order valence-electron chi connectivity index (χ1n) is 4.99. The van der Waals surface area contributed by atoms with Gasteiger partial charge in [-0.05, 0) is 24.6 Å². The summed E-state index contributed by atoms with van der Waals surface area (Å²) in [5.41, 5.74) is -0.809. The van der Waals surface area contributed by atoms with Crippen molar-refractivity contribution in [3.05, 3.63) is 39.2 Å². The topological polar surface area (TPSA) is 114 Å². The second-order valence-corrected chi connectivity index (χ2v) is 3.75. The summed E-state index contributed by atoms with van der Waals surface area (Å²) in [5.74, 6) is -1.58. The van der Waals surface area contributed by atoms with Gasteiger partial charge in [0.05, 0.1) is 17.1 Å². The number of nitrogens with one attached hydrogen (secondary N) is 1. The van der Waals surface area contributed by atoms with E-state index >= 15 is 0 Å². The van der Waals surface area contributed by atoms with E-state index in [-0.39, 0.29) is 27.8 Å². The van der Waals surface area contributed by atoms with E-state index in [4.69, 9.17) is 10.4 Å². The molecule has 0 atom stereocenters. The highest BCUT2D eigenvalue weighted by Gasteiger charge is 2.19. The van der Waals surface area contributed by atoms with E-state index < -0.39 is 17.1 Å². The number of hydrogen-bond donors (Lipinski definition) is 3. The number of aromatic hydroxyl groups is 1. The van der Waals surface area contributed by atoms with Gasteiger partial charge in [-0.2, -0.15) is 5.26 Å². The molecule has 0 fully saturated rings. The molecule has 0 radical (unpaired) electrons. The van der Waals surface area contributed by atoms with E-state index in [0.717, 1.165) is 0 Å². The lowest BCUT2D eigenvalue weighted by molar-refractivity contribution is 0.0694. The number of carboxylic acids is 1. The van der Waals surface area contributed by atoms with E-state index in [1.165, 1.54) is 19.1 Å². The molecule has 0 unspecified atom stereocenters. The van der Waals surface area contributed by atoms with Crippen molar-refractivity contribution in [2.45, 2.75) is 6.92 Å². The van der Waals surface area contributed by atoms with Crippen molar-refractivity contribution < 1.29 is 15.0 Å². The Labute approximate surface area is 101 Å². The van der Waals surface area contributed by atoms with Crippen molar-refractivity contribution in [3.8, 4) is 11.8 Å². The van der Waals surface area contributed by atoms with Gasteiger partial charge in [-0.25, -0.2) is 4.79 Å². The summed E-state index contributed by atoms with van der Waals surface area (Å²) in [6.45, 7) is 1.43. The molecule has 6 nitrogen and oxygen atoms in total. The number of carbonyl (C=O) groups is 1. The molecule has 0 aliphatic heterocycles. The molecular formula is C12H8N2O4. The Balaban J connectivity index is 3.11. The molecule has 0 saturated carbocycles. The van der Waals surface area contributed by atoms with Gasteiger partial charge in [0.15, 0.2) is 0 Å². The number of rotatable bonds is 1. The molecule has 6 heteroatoms. The fraction of sp³-hybridized carbons (Fsp3) is 0.0833. The van der Waals surface area contributed by atoms with Gasteiger partial charge in [0.1, 0.15) is 11.3 Å². The van der Waals surface area contributed by atoms with E-state index in [0.29, 0.717) is 0 Å². The Morgan fingerprint density at radius 3 is 2.67 bits per heavy atom. The number of aryl methyl sites for hydroxylation is 1. The average Bonchev–Trinajstić information content (AvgIpc) is 2.30. The maximum atomic E-state index is 11.6. The molecular weight excluding hydrogens is 236 g/mol. The summed E-state index contributed by atoms with van der Waals surface area (Å²) in [4.78, 5) is 24.9. The molecule has 0 aliphatic rings. The summed E-state index contributed by atoms with van der Waals surface area (Å²) >= 11 is 0. The number of aromatic carboxylic acids is 1. The van der Waals surface area contributed by atoms with Crippen molar-refractivity contribution in [2.75, 3.05) is 0 Å². The maximum absolute atomic E-state index is 11.6. The minimum absolute atomic E-state index is 0.0709. The molecule has 0 amide bonds. The first kappa shape index (κ1) is 11.7. The number of phenols is 1. The van der Waals surface area contributed by atoms with Crippen LogP contribution in [0.3, 0.4) is 0 Å². The number of aromatic amines is 1. The van der Waals surface area contributed by atoms with Crippen LogP contribution in [-0.2, 0) is 0 Å². The number of benzene rings is 1. The first-order chi connectivity index (χ1) is 8.47. The SMILES string of the molecule is Cc1c(C(=O)O)c(=O)[nH]c2c(O)ccc(C#N)c12. The zero-order valence-electron chi connectivity index (χ0n) is 9.31. The molecule has 90 valence electrons. The second-order valence-electron chi connectivity index (χ2n) is 3.75. The van der Waals surface area contributed by atoms with Crippen LogP contribution in [-0.4, -0.2) is 21.2 Å². The monoisotopic (exact) mass is 244 g/mol. The number of fused-ring (bicyclic) bond motifs is 1. The zero-order chi connectivity index (χ0) is 13.4. The summed E-state index contributed by atoms with van der Waals surface area (Å²) in [6.07, 6.45) is 0. The lowest BCUT2D eigenvalue weighted by Crippen LogP contribution is -2.19. The van der Waals surface area contributed by atoms with Gasteiger partial charge in [0.2, 0.25) is 0 Å². The summed E-state index contributed by atoms with van der Waals surface area (Å²) in [5, 5.41) is 27.8. The fourth-order valence-corrected chi connectivity index (χ4v) is 1.93. The number of H-pyrrole nitrogens is 1. The van der Waals surface area contributed by atoms with Crippen LogP contribution in [0.2, 0.25) is 0 Å². The lowest BCUT2D eigenvalue weighted by atomic mass is 10.00. The number of nitriles is 1. The summed E-state index contributed by atoms with van der Waals surface area (Å²) < 4.78 is 0. The number of carboxylic acid groups (broad SMARTS) is 1. The minimum atomic E-state index is -1.37. The third-order valence-corrected chi connectivity index (χ3v) is 2.73. The van der Waals surface area contributed by atoms with Crippen LogP contribution >= 0.6 is 0 Å². The lowest BCUT2D eigenvalue weighted by Gasteiger charge is -2.08. The van der Waals surface area contributed by atoms with Crippen molar-refractivity contribution >= 4 is 16.9 Å². The number of phenolic OH excluding ortho intramolecular Hbond substituents is 1. The van der Waals surface area contributed by atoms with Crippen LogP contribution in [0, 0.1) is 18.3 Å². The van der Waals surface area contributed by atoms with Crippen molar-refractivity contribution in [3.63, 3.8) is 0 Å². The molecule has 1 aromatic heterocycles. The fourth-order valence-electron chi connectivity index (χ4n) is 1.93. The average molecular weight is 244 g/mol. The highest BCUT2D eigenvalue weighted by Crippen LogP contribution is 2.28. The highest BCUT2D eigenvalue weighted by atomic mass is 16.4. The van der Waals surface area contributed by atoms with E-state index in [9.17, 15) is 14.7 Å². The molecule has 0 bridgehead atoms. The molecule has 1 aromatic carbocycles. The predicted octanol–water partition coefficient (Wildman–Crippen LogP) is 1.11. The van der Waals surface area contributed by atoms with Gasteiger partial charge < -0.3 is 15.2 Å². The van der Waals surface area contributed by atoms with E-state index in [1.54, 1.807) is 0 Å².